The van der Waals surface area contributed by atoms with E-state index in [1.54, 1.807) is 11.1 Å². The zero-order chi connectivity index (χ0) is 21.2. The van der Waals surface area contributed by atoms with Crippen molar-refractivity contribution in [2.24, 2.45) is 7.05 Å². The Kier molecular flexibility index (Phi) is 5.08. The van der Waals surface area contributed by atoms with Crippen LogP contribution in [0.2, 0.25) is 0 Å². The Morgan fingerprint density at radius 1 is 1.10 bits per heavy atom. The molecule has 7 heteroatoms. The minimum absolute atomic E-state index is 0.0973. The summed E-state index contributed by atoms with van der Waals surface area (Å²) in [6.45, 7) is 1.35. The summed E-state index contributed by atoms with van der Waals surface area (Å²) in [5, 5.41) is 0. The third kappa shape index (κ3) is 3.99. The number of nitrogens with zero attached hydrogens (tertiary/aromatic N) is 3. The van der Waals surface area contributed by atoms with E-state index in [2.05, 4.69) is 4.98 Å². The van der Waals surface area contributed by atoms with Crippen LogP contribution in [0.25, 0.3) is 6.08 Å². The lowest BCUT2D eigenvalue weighted by molar-refractivity contribution is -0.129. The highest BCUT2D eigenvalue weighted by Gasteiger charge is 2.29. The van der Waals surface area contributed by atoms with Gasteiger partial charge in [0.25, 0.3) is 5.91 Å². The van der Waals surface area contributed by atoms with Gasteiger partial charge in [0.05, 0.1) is 18.7 Å². The lowest BCUT2D eigenvalue weighted by atomic mass is 10.1. The Morgan fingerprint density at radius 3 is 2.68 bits per heavy atom. The van der Waals surface area contributed by atoms with Gasteiger partial charge in [-0.1, -0.05) is 30.3 Å². The molecule has 0 fully saturated rings. The topological polar surface area (TPSA) is 65.8 Å². The number of aromatic nitrogens is 2. The number of para-hydroxylation sites is 3. The molecule has 0 N–H and O–H groups in total. The maximum Gasteiger partial charge on any atom is 0.253 e. The van der Waals surface area contributed by atoms with E-state index in [4.69, 9.17) is 14.2 Å². The summed E-state index contributed by atoms with van der Waals surface area (Å²) in [6, 6.07) is 15.3. The van der Waals surface area contributed by atoms with Crippen molar-refractivity contribution in [3.05, 3.63) is 77.9 Å². The average molecular weight is 417 g/mol. The molecule has 0 radical (unpaired) electrons. The quantitative estimate of drug-likeness (QED) is 0.638. The molecule has 1 aromatic heterocycles. The third-order valence-corrected chi connectivity index (χ3v) is 5.44. The number of carbonyl (C=O) groups excluding carboxylic acids is 1. The fourth-order valence-corrected chi connectivity index (χ4v) is 3.78. The van der Waals surface area contributed by atoms with Crippen molar-refractivity contribution in [1.82, 2.24) is 14.5 Å². The van der Waals surface area contributed by atoms with E-state index in [0.29, 0.717) is 31.0 Å². The molecular formula is C24H23N3O4. The largest absolute Gasteiger partial charge is 0.488 e. The predicted molar refractivity (Wildman–Crippen MR) is 115 cm³/mol. The van der Waals surface area contributed by atoms with Crippen LogP contribution < -0.4 is 14.2 Å². The van der Waals surface area contributed by atoms with Gasteiger partial charge in [-0.15, -0.1) is 0 Å². The summed E-state index contributed by atoms with van der Waals surface area (Å²) in [6.07, 6.45) is 5.22. The van der Waals surface area contributed by atoms with E-state index in [9.17, 15) is 4.79 Å². The summed E-state index contributed by atoms with van der Waals surface area (Å²) in [5.41, 5.74) is 1.50. The zero-order valence-corrected chi connectivity index (χ0v) is 17.2. The van der Waals surface area contributed by atoms with Crippen LogP contribution in [0.15, 0.2) is 66.5 Å². The standard InChI is InChI=1S/C24H23N3O4/c1-26-11-10-25-23(26)14-27(13-19-16-30-21-8-4-5-9-22(21)31-19)24(28)18-12-17-6-2-3-7-20(17)29-15-18/h2-12,19H,13-16H2,1H3. The SMILES string of the molecule is Cn1ccnc1CN(CC1COc2ccccc2O1)C(=O)C1=Cc2ccccc2OC1. The van der Waals surface area contributed by atoms with E-state index in [-0.39, 0.29) is 18.6 Å². The maximum absolute atomic E-state index is 13.5. The normalized spacial score (nSPS) is 16.7. The minimum atomic E-state index is -0.281. The molecule has 1 atom stereocenters. The van der Waals surface area contributed by atoms with E-state index in [0.717, 1.165) is 22.9 Å². The highest BCUT2D eigenvalue weighted by Crippen LogP contribution is 2.31. The molecule has 1 amide bonds. The molecule has 2 aliphatic rings. The van der Waals surface area contributed by atoms with Crippen molar-refractivity contribution < 1.29 is 19.0 Å². The van der Waals surface area contributed by atoms with E-state index >= 15 is 0 Å². The Morgan fingerprint density at radius 2 is 1.87 bits per heavy atom. The first kappa shape index (κ1) is 19.2. The van der Waals surface area contributed by atoms with Crippen molar-refractivity contribution in [2.75, 3.05) is 19.8 Å². The average Bonchev–Trinajstić information content (AvgIpc) is 3.22. The van der Waals surface area contributed by atoms with Gasteiger partial charge in [-0.3, -0.25) is 4.79 Å². The summed E-state index contributed by atoms with van der Waals surface area (Å²) >= 11 is 0. The van der Waals surface area contributed by atoms with Crippen molar-refractivity contribution in [3.63, 3.8) is 0 Å². The molecule has 0 spiro atoms. The Labute approximate surface area is 180 Å². The first-order valence-corrected chi connectivity index (χ1v) is 10.2. The molecule has 1 unspecified atom stereocenters. The van der Waals surface area contributed by atoms with Crippen LogP contribution in [0.1, 0.15) is 11.4 Å². The molecule has 2 aliphatic heterocycles. The first-order chi connectivity index (χ1) is 15.2. The minimum Gasteiger partial charge on any atom is -0.488 e. The first-order valence-electron chi connectivity index (χ1n) is 10.2. The van der Waals surface area contributed by atoms with Gasteiger partial charge in [0.1, 0.15) is 24.8 Å². The second-order valence-corrected chi connectivity index (χ2v) is 7.63. The number of rotatable bonds is 5. The Hall–Kier alpha value is -3.74. The van der Waals surface area contributed by atoms with Gasteiger partial charge < -0.3 is 23.7 Å². The second-order valence-electron chi connectivity index (χ2n) is 7.63. The predicted octanol–water partition coefficient (Wildman–Crippen LogP) is 3.06. The number of benzene rings is 2. The van der Waals surface area contributed by atoms with Gasteiger partial charge >= 0.3 is 0 Å². The van der Waals surface area contributed by atoms with E-state index < -0.39 is 0 Å². The number of carbonyl (C=O) groups is 1. The van der Waals surface area contributed by atoms with Crippen LogP contribution >= 0.6 is 0 Å². The summed E-state index contributed by atoms with van der Waals surface area (Å²) in [4.78, 5) is 19.7. The maximum atomic E-state index is 13.5. The zero-order valence-electron chi connectivity index (χ0n) is 17.2. The molecule has 0 bridgehead atoms. The van der Waals surface area contributed by atoms with E-state index in [1.165, 1.54) is 0 Å². The van der Waals surface area contributed by atoms with Gasteiger partial charge in [-0.05, 0) is 24.3 Å². The molecule has 3 aromatic rings. The third-order valence-electron chi connectivity index (χ3n) is 5.44. The molecule has 31 heavy (non-hydrogen) atoms. The molecule has 5 rings (SSSR count). The highest BCUT2D eigenvalue weighted by molar-refractivity contribution is 5.99. The molecule has 0 aliphatic carbocycles. The lowest BCUT2D eigenvalue weighted by Gasteiger charge is -2.32. The van der Waals surface area contributed by atoms with E-state index in [1.807, 2.05) is 72.4 Å². The Bertz CT molecular complexity index is 1140. The van der Waals surface area contributed by atoms with Crippen molar-refractivity contribution in [3.8, 4) is 17.2 Å². The Balaban J connectivity index is 1.39. The second kappa shape index (κ2) is 8.18. The lowest BCUT2D eigenvalue weighted by Crippen LogP contribution is -2.44. The van der Waals surface area contributed by atoms with Crippen LogP contribution in [0, 0.1) is 0 Å². The number of hydrogen-bond acceptors (Lipinski definition) is 5. The number of fused-ring (bicyclic) bond motifs is 2. The summed E-state index contributed by atoms with van der Waals surface area (Å²) in [5.74, 6) is 2.90. The smallest absolute Gasteiger partial charge is 0.253 e. The fourth-order valence-electron chi connectivity index (χ4n) is 3.78. The molecule has 158 valence electrons. The van der Waals surface area contributed by atoms with Gasteiger partial charge in [0, 0.05) is 25.0 Å². The molecule has 2 aromatic carbocycles. The van der Waals surface area contributed by atoms with Crippen LogP contribution in [0.4, 0.5) is 0 Å². The molecule has 0 saturated carbocycles. The van der Waals surface area contributed by atoms with Gasteiger partial charge in [-0.25, -0.2) is 4.98 Å². The molecule has 3 heterocycles. The van der Waals surface area contributed by atoms with Gasteiger partial charge in [0.15, 0.2) is 17.6 Å². The number of aryl methyl sites for hydroxylation is 1. The van der Waals surface area contributed by atoms with Crippen LogP contribution in [0.3, 0.4) is 0 Å². The molecule has 7 nitrogen and oxygen atoms in total. The monoisotopic (exact) mass is 417 g/mol. The number of ether oxygens (including phenoxy) is 3. The van der Waals surface area contributed by atoms with Gasteiger partial charge in [-0.2, -0.15) is 0 Å². The van der Waals surface area contributed by atoms with Crippen molar-refractivity contribution in [1.29, 1.82) is 0 Å². The number of imidazole rings is 1. The van der Waals surface area contributed by atoms with Gasteiger partial charge in [0.2, 0.25) is 0 Å². The fraction of sp³-hybridized carbons (Fsp3) is 0.250. The van der Waals surface area contributed by atoms with Crippen LogP contribution in [-0.4, -0.2) is 46.2 Å². The highest BCUT2D eigenvalue weighted by atomic mass is 16.6. The van der Waals surface area contributed by atoms with Crippen molar-refractivity contribution in [2.45, 2.75) is 12.6 Å². The van der Waals surface area contributed by atoms with Crippen LogP contribution in [0.5, 0.6) is 17.2 Å². The number of hydrogen-bond donors (Lipinski definition) is 0. The molecule has 0 saturated heterocycles. The molecular weight excluding hydrogens is 394 g/mol. The van der Waals surface area contributed by atoms with Crippen molar-refractivity contribution >= 4 is 12.0 Å². The number of amides is 1. The summed E-state index contributed by atoms with van der Waals surface area (Å²) < 4.78 is 19.7. The summed E-state index contributed by atoms with van der Waals surface area (Å²) in [7, 11) is 1.92. The van der Waals surface area contributed by atoms with Crippen LogP contribution in [-0.2, 0) is 18.4 Å².